The van der Waals surface area contributed by atoms with Crippen LogP contribution in [0.4, 0.5) is 0 Å². The highest BCUT2D eigenvalue weighted by atomic mass is 15.2. The van der Waals surface area contributed by atoms with E-state index < -0.39 is 0 Å². The average Bonchev–Trinajstić information content (AvgIpc) is 2.62. The molecule has 1 aromatic heterocycles. The molecule has 1 aromatic rings. The third-order valence-corrected chi connectivity index (χ3v) is 3.07. The van der Waals surface area contributed by atoms with Crippen LogP contribution >= 0.6 is 0 Å². The van der Waals surface area contributed by atoms with Gasteiger partial charge in [-0.1, -0.05) is 13.8 Å². The van der Waals surface area contributed by atoms with E-state index in [9.17, 15) is 0 Å². The topological polar surface area (TPSA) is 29.9 Å². The summed E-state index contributed by atoms with van der Waals surface area (Å²) in [5, 5.41) is 7.59. The van der Waals surface area contributed by atoms with Crippen LogP contribution in [-0.2, 0) is 13.5 Å². The summed E-state index contributed by atoms with van der Waals surface area (Å²) in [6.07, 6.45) is 6.76. The molecule has 1 heterocycles. The summed E-state index contributed by atoms with van der Waals surface area (Å²) < 4.78 is 1.97. The van der Waals surface area contributed by atoms with Crippen molar-refractivity contribution in [3.05, 3.63) is 18.0 Å². The van der Waals surface area contributed by atoms with Crippen LogP contribution in [0.2, 0.25) is 0 Å². The van der Waals surface area contributed by atoms with Crippen molar-refractivity contribution in [2.45, 2.75) is 45.6 Å². The Morgan fingerprint density at radius 2 is 2.19 bits per heavy atom. The third-order valence-electron chi connectivity index (χ3n) is 3.07. The summed E-state index contributed by atoms with van der Waals surface area (Å²) in [6, 6.07) is 2.77. The summed E-state index contributed by atoms with van der Waals surface area (Å²) in [6.45, 7) is 4.57. The molecule has 0 aliphatic rings. The first kappa shape index (κ1) is 13.2. The lowest BCUT2D eigenvalue weighted by molar-refractivity contribution is 0.411. The molecule has 16 heavy (non-hydrogen) atoms. The molecule has 0 amide bonds. The van der Waals surface area contributed by atoms with Crippen LogP contribution < -0.4 is 5.32 Å². The number of aromatic nitrogens is 2. The first-order valence-electron chi connectivity index (χ1n) is 6.27. The Hall–Kier alpha value is -0.830. The molecule has 1 rings (SSSR count). The summed E-state index contributed by atoms with van der Waals surface area (Å²) >= 11 is 0. The Kier molecular flexibility index (Phi) is 5.53. The molecule has 0 aliphatic carbocycles. The average molecular weight is 223 g/mol. The standard InChI is InChI=1S/C13H25N3/c1-11(2)10-12(14-3)6-5-7-13-8-9-15-16(13)4/h8-9,11-12,14H,5-7,10H2,1-4H3. The Morgan fingerprint density at radius 3 is 2.69 bits per heavy atom. The Labute approximate surface area is 99.2 Å². The fourth-order valence-corrected chi connectivity index (χ4v) is 2.13. The number of hydrogen-bond acceptors (Lipinski definition) is 2. The Bertz CT molecular complexity index is 291. The molecule has 0 fully saturated rings. The summed E-state index contributed by atoms with van der Waals surface area (Å²) in [5.74, 6) is 0.772. The SMILES string of the molecule is CNC(CCCc1ccnn1C)CC(C)C. The quantitative estimate of drug-likeness (QED) is 0.769. The molecule has 0 radical (unpaired) electrons. The lowest BCUT2D eigenvalue weighted by atomic mass is 9.99. The molecule has 0 saturated carbocycles. The number of rotatable bonds is 7. The van der Waals surface area contributed by atoms with Crippen molar-refractivity contribution in [3.8, 4) is 0 Å². The number of aryl methyl sites for hydroxylation is 2. The van der Waals surface area contributed by atoms with E-state index in [0.29, 0.717) is 6.04 Å². The van der Waals surface area contributed by atoms with Gasteiger partial charge in [-0.15, -0.1) is 0 Å². The molecule has 3 nitrogen and oxygen atoms in total. The maximum Gasteiger partial charge on any atom is 0.0492 e. The van der Waals surface area contributed by atoms with E-state index in [4.69, 9.17) is 0 Å². The van der Waals surface area contributed by atoms with Gasteiger partial charge in [0.2, 0.25) is 0 Å². The van der Waals surface area contributed by atoms with Gasteiger partial charge >= 0.3 is 0 Å². The molecule has 0 aliphatic heterocycles. The van der Waals surface area contributed by atoms with Crippen LogP contribution in [-0.4, -0.2) is 22.9 Å². The van der Waals surface area contributed by atoms with Gasteiger partial charge < -0.3 is 5.32 Å². The second kappa shape index (κ2) is 6.69. The molecule has 92 valence electrons. The summed E-state index contributed by atoms with van der Waals surface area (Å²) in [5.41, 5.74) is 1.33. The Morgan fingerprint density at radius 1 is 1.44 bits per heavy atom. The lowest BCUT2D eigenvalue weighted by Crippen LogP contribution is -2.26. The molecular formula is C13H25N3. The number of nitrogens with one attached hydrogen (secondary N) is 1. The third kappa shape index (κ3) is 4.35. The van der Waals surface area contributed by atoms with Gasteiger partial charge in [0.15, 0.2) is 0 Å². The minimum atomic E-state index is 0.660. The molecule has 1 N–H and O–H groups in total. The van der Waals surface area contributed by atoms with Crippen molar-refractivity contribution in [2.75, 3.05) is 7.05 Å². The zero-order valence-electron chi connectivity index (χ0n) is 11.0. The second-order valence-corrected chi connectivity index (χ2v) is 4.95. The second-order valence-electron chi connectivity index (χ2n) is 4.95. The molecule has 0 saturated heterocycles. The van der Waals surface area contributed by atoms with Crippen molar-refractivity contribution in [1.82, 2.24) is 15.1 Å². The largest absolute Gasteiger partial charge is 0.317 e. The molecule has 0 aromatic carbocycles. The van der Waals surface area contributed by atoms with Gasteiger partial charge in [0, 0.05) is 25.0 Å². The lowest BCUT2D eigenvalue weighted by Gasteiger charge is -2.18. The number of nitrogens with zero attached hydrogens (tertiary/aromatic N) is 2. The molecular weight excluding hydrogens is 198 g/mol. The molecule has 0 bridgehead atoms. The summed E-state index contributed by atoms with van der Waals surface area (Å²) in [7, 11) is 4.08. The van der Waals surface area contributed by atoms with Gasteiger partial charge in [-0.2, -0.15) is 5.10 Å². The van der Waals surface area contributed by atoms with E-state index in [1.54, 1.807) is 0 Å². The molecule has 1 atom stereocenters. The van der Waals surface area contributed by atoms with Gasteiger partial charge in [0.1, 0.15) is 0 Å². The van der Waals surface area contributed by atoms with Gasteiger partial charge in [-0.25, -0.2) is 0 Å². The molecule has 0 spiro atoms. The van der Waals surface area contributed by atoms with Gasteiger partial charge in [0.05, 0.1) is 0 Å². The van der Waals surface area contributed by atoms with Gasteiger partial charge in [-0.05, 0) is 44.7 Å². The zero-order valence-corrected chi connectivity index (χ0v) is 11.0. The van der Waals surface area contributed by atoms with E-state index in [1.165, 1.54) is 25.0 Å². The van der Waals surface area contributed by atoms with E-state index in [0.717, 1.165) is 12.3 Å². The number of hydrogen-bond donors (Lipinski definition) is 1. The minimum Gasteiger partial charge on any atom is -0.317 e. The van der Waals surface area contributed by atoms with E-state index in [1.807, 2.05) is 17.9 Å². The normalized spacial score (nSPS) is 13.3. The van der Waals surface area contributed by atoms with Crippen molar-refractivity contribution in [2.24, 2.45) is 13.0 Å². The first-order valence-corrected chi connectivity index (χ1v) is 6.27. The highest BCUT2D eigenvalue weighted by Crippen LogP contribution is 2.11. The minimum absolute atomic E-state index is 0.660. The predicted octanol–water partition coefficient (Wildman–Crippen LogP) is 2.38. The highest BCUT2D eigenvalue weighted by molar-refractivity contribution is 4.99. The van der Waals surface area contributed by atoms with Gasteiger partial charge in [0.25, 0.3) is 0 Å². The zero-order chi connectivity index (χ0) is 12.0. The smallest absolute Gasteiger partial charge is 0.0492 e. The van der Waals surface area contributed by atoms with Crippen LogP contribution in [0.1, 0.15) is 38.8 Å². The maximum atomic E-state index is 4.18. The van der Waals surface area contributed by atoms with E-state index in [2.05, 4.69) is 37.4 Å². The Balaban J connectivity index is 2.26. The fourth-order valence-electron chi connectivity index (χ4n) is 2.13. The summed E-state index contributed by atoms with van der Waals surface area (Å²) in [4.78, 5) is 0. The van der Waals surface area contributed by atoms with Crippen molar-refractivity contribution in [3.63, 3.8) is 0 Å². The van der Waals surface area contributed by atoms with Crippen LogP contribution in [0.25, 0.3) is 0 Å². The van der Waals surface area contributed by atoms with Crippen LogP contribution in [0.3, 0.4) is 0 Å². The van der Waals surface area contributed by atoms with Crippen LogP contribution in [0.5, 0.6) is 0 Å². The van der Waals surface area contributed by atoms with E-state index in [-0.39, 0.29) is 0 Å². The van der Waals surface area contributed by atoms with Gasteiger partial charge in [-0.3, -0.25) is 4.68 Å². The maximum absolute atomic E-state index is 4.18. The predicted molar refractivity (Wildman–Crippen MR) is 68.4 cm³/mol. The van der Waals surface area contributed by atoms with Crippen molar-refractivity contribution >= 4 is 0 Å². The van der Waals surface area contributed by atoms with Crippen molar-refractivity contribution in [1.29, 1.82) is 0 Å². The van der Waals surface area contributed by atoms with Crippen LogP contribution in [0, 0.1) is 5.92 Å². The molecule has 1 unspecified atom stereocenters. The monoisotopic (exact) mass is 223 g/mol. The first-order chi connectivity index (χ1) is 7.63. The van der Waals surface area contributed by atoms with E-state index >= 15 is 0 Å². The molecule has 3 heteroatoms. The van der Waals surface area contributed by atoms with Crippen molar-refractivity contribution < 1.29 is 0 Å². The van der Waals surface area contributed by atoms with Crippen LogP contribution in [0.15, 0.2) is 12.3 Å². The fraction of sp³-hybridized carbons (Fsp3) is 0.769. The highest BCUT2D eigenvalue weighted by Gasteiger charge is 2.08.